The first-order valence-electron chi connectivity index (χ1n) is 9.88. The third-order valence-corrected chi connectivity index (χ3v) is 6.28. The zero-order valence-corrected chi connectivity index (χ0v) is 18.2. The van der Waals surface area contributed by atoms with Gasteiger partial charge in [-0.15, -0.1) is 11.3 Å². The van der Waals surface area contributed by atoms with Gasteiger partial charge in [0.25, 0.3) is 5.91 Å². The van der Waals surface area contributed by atoms with Crippen LogP contribution in [0.2, 0.25) is 0 Å². The number of nitrogens with zero attached hydrogens (tertiary/aromatic N) is 1. The Balaban J connectivity index is 1.64. The molecule has 1 aliphatic rings. The van der Waals surface area contributed by atoms with Crippen LogP contribution < -0.4 is 14.2 Å². The second-order valence-electron chi connectivity index (χ2n) is 7.27. The lowest BCUT2D eigenvalue weighted by atomic mass is 9.90. The highest BCUT2D eigenvalue weighted by atomic mass is 32.1. The van der Waals surface area contributed by atoms with Crippen LogP contribution in [0.4, 0.5) is 0 Å². The maximum absolute atomic E-state index is 13.2. The van der Waals surface area contributed by atoms with Crippen molar-refractivity contribution in [3.8, 4) is 17.2 Å². The molecule has 2 heterocycles. The summed E-state index contributed by atoms with van der Waals surface area (Å²) in [6, 6.07) is 15.7. The number of amides is 1. The van der Waals surface area contributed by atoms with Crippen molar-refractivity contribution in [3.05, 3.63) is 75.5 Å². The molecule has 6 heteroatoms. The van der Waals surface area contributed by atoms with Crippen LogP contribution in [-0.4, -0.2) is 38.2 Å². The van der Waals surface area contributed by atoms with E-state index < -0.39 is 0 Å². The van der Waals surface area contributed by atoms with Crippen molar-refractivity contribution in [2.24, 2.45) is 0 Å². The number of hydrogen-bond donors (Lipinski definition) is 0. The van der Waals surface area contributed by atoms with Gasteiger partial charge in [0.1, 0.15) is 5.75 Å². The molecule has 1 aliphatic heterocycles. The Kier molecular flexibility index (Phi) is 5.95. The molecule has 1 aromatic heterocycles. The SMILES string of the molecule is COc1cc2c(cc1OC)C(c1cccs1)N(C(=O)COc1cccc(C)c1)CC2. The molecular weight excluding hydrogens is 398 g/mol. The van der Waals surface area contributed by atoms with Gasteiger partial charge < -0.3 is 19.1 Å². The maximum Gasteiger partial charge on any atom is 0.261 e. The van der Waals surface area contributed by atoms with Crippen LogP contribution in [0, 0.1) is 6.92 Å². The second-order valence-corrected chi connectivity index (χ2v) is 8.25. The van der Waals surface area contributed by atoms with Crippen molar-refractivity contribution in [2.75, 3.05) is 27.4 Å². The molecule has 0 radical (unpaired) electrons. The molecule has 0 saturated heterocycles. The minimum atomic E-state index is -0.165. The average molecular weight is 424 g/mol. The molecule has 3 aromatic rings. The van der Waals surface area contributed by atoms with Crippen molar-refractivity contribution in [1.29, 1.82) is 0 Å². The van der Waals surface area contributed by atoms with Crippen molar-refractivity contribution < 1.29 is 19.0 Å². The van der Waals surface area contributed by atoms with Gasteiger partial charge in [-0.1, -0.05) is 18.2 Å². The smallest absolute Gasteiger partial charge is 0.261 e. The number of hydrogen-bond acceptors (Lipinski definition) is 5. The zero-order chi connectivity index (χ0) is 21.1. The molecule has 4 rings (SSSR count). The summed E-state index contributed by atoms with van der Waals surface area (Å²) >= 11 is 1.65. The number of aryl methyl sites for hydroxylation is 1. The van der Waals surface area contributed by atoms with E-state index in [2.05, 4.69) is 6.07 Å². The minimum absolute atomic E-state index is 0.00789. The van der Waals surface area contributed by atoms with E-state index in [9.17, 15) is 4.79 Å². The second kappa shape index (κ2) is 8.79. The summed E-state index contributed by atoms with van der Waals surface area (Å²) < 4.78 is 16.8. The average Bonchev–Trinajstić information content (AvgIpc) is 3.30. The lowest BCUT2D eigenvalue weighted by Gasteiger charge is -2.37. The van der Waals surface area contributed by atoms with Crippen molar-refractivity contribution in [3.63, 3.8) is 0 Å². The number of carbonyl (C=O) groups excluding carboxylic acids is 1. The highest BCUT2D eigenvalue weighted by Crippen LogP contribution is 2.42. The molecule has 1 amide bonds. The van der Waals surface area contributed by atoms with Crippen LogP contribution in [0.25, 0.3) is 0 Å². The molecule has 2 aromatic carbocycles. The number of rotatable bonds is 6. The standard InChI is InChI=1S/C24H25NO4S/c1-16-6-4-7-18(12-16)29-15-23(26)25-10-9-17-13-20(27-2)21(28-3)14-19(17)24(25)22-8-5-11-30-22/h4-8,11-14,24H,9-10,15H2,1-3H3. The molecule has 156 valence electrons. The summed E-state index contributed by atoms with van der Waals surface area (Å²) in [6.07, 6.45) is 0.758. The Labute approximate surface area is 180 Å². The van der Waals surface area contributed by atoms with E-state index in [4.69, 9.17) is 14.2 Å². The Morgan fingerprint density at radius 1 is 1.10 bits per heavy atom. The fourth-order valence-corrected chi connectivity index (χ4v) is 4.76. The van der Waals surface area contributed by atoms with Crippen molar-refractivity contribution in [1.82, 2.24) is 4.90 Å². The Bertz CT molecular complexity index is 1030. The van der Waals surface area contributed by atoms with Crippen LogP contribution >= 0.6 is 11.3 Å². The fraction of sp³-hybridized carbons (Fsp3) is 0.292. The van der Waals surface area contributed by atoms with E-state index in [0.29, 0.717) is 23.8 Å². The normalized spacial score (nSPS) is 15.4. The third-order valence-electron chi connectivity index (χ3n) is 5.36. The van der Waals surface area contributed by atoms with Gasteiger partial charge in [-0.3, -0.25) is 4.79 Å². The van der Waals surface area contributed by atoms with E-state index in [1.807, 2.05) is 59.7 Å². The van der Waals surface area contributed by atoms with Gasteiger partial charge >= 0.3 is 0 Å². The number of ether oxygens (including phenoxy) is 3. The molecule has 1 atom stereocenters. The number of benzene rings is 2. The number of thiophene rings is 1. The molecule has 0 fully saturated rings. The molecule has 30 heavy (non-hydrogen) atoms. The van der Waals surface area contributed by atoms with Gasteiger partial charge in [-0.05, 0) is 65.7 Å². The first-order chi connectivity index (χ1) is 14.6. The van der Waals surface area contributed by atoms with E-state index in [1.165, 1.54) is 5.56 Å². The van der Waals surface area contributed by atoms with Gasteiger partial charge in [0.15, 0.2) is 18.1 Å². The number of carbonyl (C=O) groups is 1. The predicted molar refractivity (Wildman–Crippen MR) is 118 cm³/mol. The van der Waals surface area contributed by atoms with E-state index in [0.717, 1.165) is 22.4 Å². The van der Waals surface area contributed by atoms with Crippen molar-refractivity contribution in [2.45, 2.75) is 19.4 Å². The molecular formula is C24H25NO4S. The molecule has 0 aliphatic carbocycles. The molecule has 5 nitrogen and oxygen atoms in total. The van der Waals surface area contributed by atoms with Gasteiger partial charge in [0.05, 0.1) is 20.3 Å². The lowest BCUT2D eigenvalue weighted by molar-refractivity contribution is -0.135. The van der Waals surface area contributed by atoms with Crippen LogP contribution in [-0.2, 0) is 11.2 Å². The highest BCUT2D eigenvalue weighted by Gasteiger charge is 2.34. The number of methoxy groups -OCH3 is 2. The summed E-state index contributed by atoms with van der Waals surface area (Å²) in [6.45, 7) is 2.64. The molecule has 0 bridgehead atoms. The molecule has 1 unspecified atom stereocenters. The van der Waals surface area contributed by atoms with Crippen LogP contribution in [0.1, 0.15) is 27.6 Å². The first kappa shape index (κ1) is 20.3. The van der Waals surface area contributed by atoms with E-state index >= 15 is 0 Å². The highest BCUT2D eigenvalue weighted by molar-refractivity contribution is 7.10. The monoisotopic (exact) mass is 423 g/mol. The van der Waals surface area contributed by atoms with Crippen LogP contribution in [0.3, 0.4) is 0 Å². The quantitative estimate of drug-likeness (QED) is 0.580. The van der Waals surface area contributed by atoms with Crippen LogP contribution in [0.15, 0.2) is 53.9 Å². The van der Waals surface area contributed by atoms with Gasteiger partial charge in [-0.2, -0.15) is 0 Å². The predicted octanol–water partition coefficient (Wildman–Crippen LogP) is 4.63. The van der Waals surface area contributed by atoms with Gasteiger partial charge in [0, 0.05) is 11.4 Å². The zero-order valence-electron chi connectivity index (χ0n) is 17.4. The van der Waals surface area contributed by atoms with E-state index in [1.54, 1.807) is 25.6 Å². The maximum atomic E-state index is 13.2. The lowest BCUT2D eigenvalue weighted by Crippen LogP contribution is -2.42. The summed E-state index contributed by atoms with van der Waals surface area (Å²) in [4.78, 5) is 16.2. The third kappa shape index (κ3) is 4.00. The first-order valence-corrected chi connectivity index (χ1v) is 10.8. The summed E-state index contributed by atoms with van der Waals surface area (Å²) in [7, 11) is 3.27. The molecule has 0 saturated carbocycles. The summed E-state index contributed by atoms with van der Waals surface area (Å²) in [5.41, 5.74) is 3.35. The Morgan fingerprint density at radius 3 is 2.60 bits per heavy atom. The minimum Gasteiger partial charge on any atom is -0.493 e. The Morgan fingerprint density at radius 2 is 1.90 bits per heavy atom. The Hall–Kier alpha value is -2.99. The number of fused-ring (bicyclic) bond motifs is 1. The summed E-state index contributed by atoms with van der Waals surface area (Å²) in [5.74, 6) is 2.06. The molecule has 0 spiro atoms. The van der Waals surface area contributed by atoms with Crippen LogP contribution in [0.5, 0.6) is 17.2 Å². The fourth-order valence-electron chi connectivity index (χ4n) is 3.90. The van der Waals surface area contributed by atoms with Gasteiger partial charge in [-0.25, -0.2) is 0 Å². The van der Waals surface area contributed by atoms with E-state index in [-0.39, 0.29) is 18.6 Å². The largest absolute Gasteiger partial charge is 0.493 e. The van der Waals surface area contributed by atoms with Gasteiger partial charge in [0.2, 0.25) is 0 Å². The summed E-state index contributed by atoms with van der Waals surface area (Å²) in [5, 5.41) is 2.04. The molecule has 0 N–H and O–H groups in total. The van der Waals surface area contributed by atoms with Crippen molar-refractivity contribution >= 4 is 17.2 Å². The topological polar surface area (TPSA) is 48.0 Å².